The molecule has 6 heteroatoms. The summed E-state index contributed by atoms with van der Waals surface area (Å²) in [5.41, 5.74) is 1.10. The lowest BCUT2D eigenvalue weighted by atomic mass is 10.1. The van der Waals surface area contributed by atoms with Crippen LogP contribution in [0.5, 0.6) is 0 Å². The molecule has 5 nitrogen and oxygen atoms in total. The number of rotatable bonds is 3. The maximum Gasteiger partial charge on any atom is 0.330 e. The van der Waals surface area contributed by atoms with E-state index < -0.39 is 0 Å². The van der Waals surface area contributed by atoms with Gasteiger partial charge in [-0.25, -0.2) is 9.78 Å². The largest absolute Gasteiger partial charge is 0.464 e. The van der Waals surface area contributed by atoms with E-state index in [4.69, 9.17) is 4.74 Å². The zero-order valence-corrected chi connectivity index (χ0v) is 12.7. The number of aromatic nitrogens is 1. The number of nitrogens with one attached hydrogen (secondary N) is 1. The summed E-state index contributed by atoms with van der Waals surface area (Å²) in [6.45, 7) is 6.41. The average molecular weight is 328 g/mol. The molecule has 0 radical (unpaired) electrons. The second kappa shape index (κ2) is 6.34. The number of ether oxygens (including phenoxy) is 1. The molecule has 2 rings (SSSR count). The van der Waals surface area contributed by atoms with Gasteiger partial charge in [0.15, 0.2) is 0 Å². The van der Waals surface area contributed by atoms with Crippen molar-refractivity contribution in [2.45, 2.75) is 19.9 Å². The van der Waals surface area contributed by atoms with Crippen LogP contribution in [0.4, 0.5) is 5.82 Å². The van der Waals surface area contributed by atoms with Crippen LogP contribution in [-0.4, -0.2) is 43.2 Å². The first-order chi connectivity index (χ1) is 9.13. The van der Waals surface area contributed by atoms with Crippen molar-refractivity contribution in [1.82, 2.24) is 10.3 Å². The molecule has 19 heavy (non-hydrogen) atoms. The molecule has 104 valence electrons. The summed E-state index contributed by atoms with van der Waals surface area (Å²) in [7, 11) is 0. The number of carbonyl (C=O) groups excluding carboxylic acids is 1. The van der Waals surface area contributed by atoms with Crippen molar-refractivity contribution < 1.29 is 9.53 Å². The summed E-state index contributed by atoms with van der Waals surface area (Å²) in [5, 5.41) is 3.22. The molecule has 1 atom stereocenters. The molecule has 0 aromatic carbocycles. The molecule has 0 aliphatic carbocycles. The maximum atomic E-state index is 12.0. The quantitative estimate of drug-likeness (QED) is 0.852. The van der Waals surface area contributed by atoms with Gasteiger partial charge in [-0.3, -0.25) is 0 Å². The molecule has 1 unspecified atom stereocenters. The van der Waals surface area contributed by atoms with Crippen LogP contribution in [0.3, 0.4) is 0 Å². The fourth-order valence-corrected chi connectivity index (χ4v) is 2.33. The number of halogens is 1. The molecule has 1 N–H and O–H groups in total. The first kappa shape index (κ1) is 14.3. The van der Waals surface area contributed by atoms with Crippen molar-refractivity contribution in [3.05, 3.63) is 22.3 Å². The van der Waals surface area contributed by atoms with Gasteiger partial charge in [-0.05, 0) is 41.4 Å². The van der Waals surface area contributed by atoms with E-state index in [1.807, 2.05) is 24.8 Å². The predicted molar refractivity (Wildman–Crippen MR) is 77.3 cm³/mol. The lowest BCUT2D eigenvalue weighted by Gasteiger charge is -2.35. The zero-order valence-electron chi connectivity index (χ0n) is 11.1. The summed E-state index contributed by atoms with van der Waals surface area (Å²) in [6.07, 6.45) is 1.77. The second-order valence-electron chi connectivity index (χ2n) is 4.46. The van der Waals surface area contributed by atoms with Gasteiger partial charge in [0.1, 0.15) is 11.9 Å². The third-order valence-electron chi connectivity index (χ3n) is 3.13. The fourth-order valence-electron chi connectivity index (χ4n) is 2.11. The molecule has 0 spiro atoms. The molecule has 1 aromatic heterocycles. The molecule has 0 saturated carbocycles. The smallest absolute Gasteiger partial charge is 0.330 e. The Labute approximate surface area is 121 Å². The SMILES string of the molecule is CCOC(=O)C1CNCCN1c1cc(C)c(Br)cn1. The highest BCUT2D eigenvalue weighted by molar-refractivity contribution is 9.10. The third-order valence-corrected chi connectivity index (χ3v) is 3.96. The first-order valence-corrected chi connectivity index (χ1v) is 7.19. The van der Waals surface area contributed by atoms with E-state index in [0.717, 1.165) is 28.9 Å². The van der Waals surface area contributed by atoms with Crippen LogP contribution in [0.1, 0.15) is 12.5 Å². The summed E-state index contributed by atoms with van der Waals surface area (Å²) in [5.74, 6) is 0.623. The van der Waals surface area contributed by atoms with Gasteiger partial charge < -0.3 is 15.0 Å². The van der Waals surface area contributed by atoms with E-state index in [1.54, 1.807) is 6.20 Å². The van der Waals surface area contributed by atoms with Gasteiger partial charge in [-0.15, -0.1) is 0 Å². The van der Waals surface area contributed by atoms with E-state index in [1.165, 1.54) is 0 Å². The highest BCUT2D eigenvalue weighted by atomic mass is 79.9. The monoisotopic (exact) mass is 327 g/mol. The van der Waals surface area contributed by atoms with Crippen LogP contribution >= 0.6 is 15.9 Å². The Kier molecular flexibility index (Phi) is 4.76. The second-order valence-corrected chi connectivity index (χ2v) is 5.31. The number of piperazine rings is 1. The van der Waals surface area contributed by atoms with Gasteiger partial charge in [-0.2, -0.15) is 0 Å². The maximum absolute atomic E-state index is 12.0. The average Bonchev–Trinajstić information content (AvgIpc) is 2.42. The normalized spacial score (nSPS) is 19.3. The van der Waals surface area contributed by atoms with Gasteiger partial charge >= 0.3 is 5.97 Å². The van der Waals surface area contributed by atoms with Crippen LogP contribution in [0.25, 0.3) is 0 Å². The molecular formula is C13H18BrN3O2. The van der Waals surface area contributed by atoms with Crippen LogP contribution in [0.2, 0.25) is 0 Å². The van der Waals surface area contributed by atoms with Crippen molar-refractivity contribution >= 4 is 27.7 Å². The number of aryl methyl sites for hydroxylation is 1. The Morgan fingerprint density at radius 3 is 3.16 bits per heavy atom. The number of esters is 1. The molecule has 1 aliphatic rings. The van der Waals surface area contributed by atoms with E-state index in [2.05, 4.69) is 26.2 Å². The minimum atomic E-state index is -0.304. The molecule has 1 aromatic rings. The number of carbonyl (C=O) groups is 1. The summed E-state index contributed by atoms with van der Waals surface area (Å²) in [6, 6.07) is 1.68. The van der Waals surface area contributed by atoms with Crippen LogP contribution < -0.4 is 10.2 Å². The Morgan fingerprint density at radius 1 is 1.68 bits per heavy atom. The lowest BCUT2D eigenvalue weighted by molar-refractivity contribution is -0.144. The number of hydrogen-bond donors (Lipinski definition) is 1. The molecular weight excluding hydrogens is 310 g/mol. The van der Waals surface area contributed by atoms with Crippen molar-refractivity contribution in [1.29, 1.82) is 0 Å². The van der Waals surface area contributed by atoms with E-state index in [0.29, 0.717) is 13.2 Å². The fraction of sp³-hybridized carbons (Fsp3) is 0.538. The Balaban J connectivity index is 2.23. The standard InChI is InChI=1S/C13H18BrN3O2/c1-3-19-13(18)11-8-15-4-5-17(11)12-6-9(2)10(14)7-16-12/h6-7,11,15H,3-5,8H2,1-2H3. The lowest BCUT2D eigenvalue weighted by Crippen LogP contribution is -2.56. The van der Waals surface area contributed by atoms with Crippen LogP contribution in [-0.2, 0) is 9.53 Å². The molecule has 2 heterocycles. The molecule has 1 fully saturated rings. The molecule has 1 aliphatic heterocycles. The summed E-state index contributed by atoms with van der Waals surface area (Å²) < 4.78 is 6.10. The van der Waals surface area contributed by atoms with E-state index in [-0.39, 0.29) is 12.0 Å². The predicted octanol–water partition coefficient (Wildman–Crippen LogP) is 1.49. The summed E-state index contributed by atoms with van der Waals surface area (Å²) >= 11 is 3.44. The Hall–Kier alpha value is -1.14. The number of nitrogens with zero attached hydrogens (tertiary/aromatic N) is 2. The van der Waals surface area contributed by atoms with Gasteiger partial charge in [0, 0.05) is 30.3 Å². The van der Waals surface area contributed by atoms with Crippen molar-refractivity contribution in [3.63, 3.8) is 0 Å². The topological polar surface area (TPSA) is 54.5 Å². The Bertz CT molecular complexity index is 467. The van der Waals surface area contributed by atoms with E-state index in [9.17, 15) is 4.79 Å². The Morgan fingerprint density at radius 2 is 2.47 bits per heavy atom. The third kappa shape index (κ3) is 3.25. The molecule has 1 saturated heterocycles. The number of anilines is 1. The molecule has 0 amide bonds. The van der Waals surface area contributed by atoms with Gasteiger partial charge in [0.25, 0.3) is 0 Å². The summed E-state index contributed by atoms with van der Waals surface area (Å²) in [4.78, 5) is 18.4. The minimum Gasteiger partial charge on any atom is -0.464 e. The van der Waals surface area contributed by atoms with Gasteiger partial charge in [-0.1, -0.05) is 0 Å². The number of hydrogen-bond acceptors (Lipinski definition) is 5. The van der Waals surface area contributed by atoms with Crippen molar-refractivity contribution in [2.75, 3.05) is 31.1 Å². The van der Waals surface area contributed by atoms with E-state index >= 15 is 0 Å². The van der Waals surface area contributed by atoms with Crippen LogP contribution in [0.15, 0.2) is 16.7 Å². The van der Waals surface area contributed by atoms with Crippen LogP contribution in [0, 0.1) is 6.92 Å². The highest BCUT2D eigenvalue weighted by Gasteiger charge is 2.30. The van der Waals surface area contributed by atoms with Crippen molar-refractivity contribution in [2.24, 2.45) is 0 Å². The highest BCUT2D eigenvalue weighted by Crippen LogP contribution is 2.22. The first-order valence-electron chi connectivity index (χ1n) is 6.39. The van der Waals surface area contributed by atoms with Gasteiger partial charge in [0.2, 0.25) is 0 Å². The minimum absolute atomic E-state index is 0.197. The molecule has 0 bridgehead atoms. The zero-order chi connectivity index (χ0) is 13.8. The van der Waals surface area contributed by atoms with Gasteiger partial charge in [0.05, 0.1) is 6.61 Å². The number of pyridine rings is 1. The van der Waals surface area contributed by atoms with Crippen molar-refractivity contribution in [3.8, 4) is 0 Å².